The smallest absolute Gasteiger partial charge is 0.0164 e. The summed E-state index contributed by atoms with van der Waals surface area (Å²) in [6, 6.07) is 0.758. The molecule has 0 aliphatic carbocycles. The molecule has 2 atom stereocenters. The normalized spacial score (nSPS) is 14.3. The van der Waals surface area contributed by atoms with Gasteiger partial charge in [0, 0.05) is 25.2 Å². The third-order valence-corrected chi connectivity index (χ3v) is 3.95. The van der Waals surface area contributed by atoms with Gasteiger partial charge in [-0.3, -0.25) is 0 Å². The zero-order valence-electron chi connectivity index (χ0n) is 14.9. The van der Waals surface area contributed by atoms with E-state index >= 15 is 0 Å². The second-order valence-corrected chi connectivity index (χ2v) is 6.67. The Labute approximate surface area is 133 Å². The van der Waals surface area contributed by atoms with Gasteiger partial charge in [0.1, 0.15) is 0 Å². The Morgan fingerprint density at radius 2 is 1.29 bits per heavy atom. The maximum absolute atomic E-state index is 5.73. The Kier molecular flexibility index (Phi) is 16.2. The Hall–Kier alpha value is -0.120. The van der Waals surface area contributed by atoms with Gasteiger partial charge < -0.3 is 16.4 Å². The van der Waals surface area contributed by atoms with Gasteiger partial charge in [0.25, 0.3) is 0 Å². The topological polar surface area (TPSA) is 50.1 Å². The van der Waals surface area contributed by atoms with E-state index in [-0.39, 0.29) is 6.04 Å². The molecule has 0 saturated heterocycles. The highest BCUT2D eigenvalue weighted by molar-refractivity contribution is 4.67. The van der Waals surface area contributed by atoms with Crippen LogP contribution >= 0.6 is 0 Å². The van der Waals surface area contributed by atoms with Crippen molar-refractivity contribution in [2.24, 2.45) is 5.73 Å². The summed E-state index contributed by atoms with van der Waals surface area (Å²) < 4.78 is 0. The predicted molar refractivity (Wildman–Crippen MR) is 95.8 cm³/mol. The van der Waals surface area contributed by atoms with Crippen LogP contribution in [0.3, 0.4) is 0 Å². The second-order valence-electron chi connectivity index (χ2n) is 6.67. The van der Waals surface area contributed by atoms with Gasteiger partial charge in [-0.05, 0) is 26.8 Å². The standard InChI is InChI=1S/C18H41N3/c1-4-5-6-7-8-9-10-11-12-13-14-20-16-18(3)21-15-17(2)19/h17-18,20-21H,4-16,19H2,1-3H3. The summed E-state index contributed by atoms with van der Waals surface area (Å²) in [4.78, 5) is 0. The third kappa shape index (κ3) is 17.8. The van der Waals surface area contributed by atoms with Crippen LogP contribution in [0, 0.1) is 0 Å². The van der Waals surface area contributed by atoms with Crippen LogP contribution in [-0.2, 0) is 0 Å². The average molecular weight is 300 g/mol. The molecule has 0 heterocycles. The summed E-state index contributed by atoms with van der Waals surface area (Å²) in [5, 5.41) is 6.97. The van der Waals surface area contributed by atoms with Gasteiger partial charge in [-0.25, -0.2) is 0 Å². The first kappa shape index (κ1) is 20.9. The van der Waals surface area contributed by atoms with Crippen molar-refractivity contribution in [3.63, 3.8) is 0 Å². The van der Waals surface area contributed by atoms with E-state index in [0.29, 0.717) is 6.04 Å². The minimum absolute atomic E-state index is 0.245. The first-order valence-electron chi connectivity index (χ1n) is 9.36. The molecule has 3 nitrogen and oxygen atoms in total. The van der Waals surface area contributed by atoms with Gasteiger partial charge in [0.05, 0.1) is 0 Å². The molecule has 0 saturated carbocycles. The Morgan fingerprint density at radius 3 is 1.81 bits per heavy atom. The van der Waals surface area contributed by atoms with Crippen LogP contribution in [0.25, 0.3) is 0 Å². The first-order chi connectivity index (χ1) is 10.2. The molecule has 0 rings (SSSR count). The van der Waals surface area contributed by atoms with E-state index in [2.05, 4.69) is 24.5 Å². The number of hydrogen-bond acceptors (Lipinski definition) is 3. The largest absolute Gasteiger partial charge is 0.327 e. The maximum atomic E-state index is 5.73. The Balaban J connectivity index is 3.08. The van der Waals surface area contributed by atoms with E-state index in [1.165, 1.54) is 64.2 Å². The molecule has 128 valence electrons. The summed E-state index contributed by atoms with van der Waals surface area (Å²) in [5.74, 6) is 0. The fourth-order valence-corrected chi connectivity index (χ4v) is 2.52. The lowest BCUT2D eigenvalue weighted by Crippen LogP contribution is -2.41. The number of unbranched alkanes of at least 4 members (excludes halogenated alkanes) is 9. The Bertz CT molecular complexity index is 195. The molecule has 0 aromatic heterocycles. The summed E-state index contributed by atoms with van der Waals surface area (Å²) in [6.45, 7) is 9.64. The summed E-state index contributed by atoms with van der Waals surface area (Å²) >= 11 is 0. The van der Waals surface area contributed by atoms with Crippen molar-refractivity contribution in [2.45, 2.75) is 97.1 Å². The summed E-state index contributed by atoms with van der Waals surface area (Å²) in [5.41, 5.74) is 5.73. The molecular formula is C18H41N3. The van der Waals surface area contributed by atoms with Crippen LogP contribution in [0.1, 0.15) is 85.0 Å². The zero-order valence-corrected chi connectivity index (χ0v) is 14.9. The maximum Gasteiger partial charge on any atom is 0.0164 e. The molecule has 3 heteroatoms. The molecule has 4 N–H and O–H groups in total. The number of nitrogens with two attached hydrogens (primary N) is 1. The van der Waals surface area contributed by atoms with E-state index in [1.54, 1.807) is 0 Å². The van der Waals surface area contributed by atoms with Gasteiger partial charge in [0.2, 0.25) is 0 Å². The molecule has 0 aliphatic heterocycles. The van der Waals surface area contributed by atoms with Crippen molar-refractivity contribution in [3.05, 3.63) is 0 Å². The van der Waals surface area contributed by atoms with E-state index in [1.807, 2.05) is 6.92 Å². The molecule has 0 aliphatic rings. The van der Waals surface area contributed by atoms with E-state index in [9.17, 15) is 0 Å². The van der Waals surface area contributed by atoms with E-state index in [4.69, 9.17) is 5.73 Å². The van der Waals surface area contributed by atoms with E-state index < -0.39 is 0 Å². The fraction of sp³-hybridized carbons (Fsp3) is 1.00. The third-order valence-electron chi connectivity index (χ3n) is 3.95. The highest BCUT2D eigenvalue weighted by Crippen LogP contribution is 2.10. The van der Waals surface area contributed by atoms with Crippen molar-refractivity contribution < 1.29 is 0 Å². The average Bonchev–Trinajstić information content (AvgIpc) is 2.46. The molecule has 0 fully saturated rings. The first-order valence-corrected chi connectivity index (χ1v) is 9.36. The fourth-order valence-electron chi connectivity index (χ4n) is 2.52. The van der Waals surface area contributed by atoms with Crippen molar-refractivity contribution in [3.8, 4) is 0 Å². The van der Waals surface area contributed by atoms with Crippen LogP contribution in [-0.4, -0.2) is 31.7 Å². The van der Waals surface area contributed by atoms with Crippen LogP contribution in [0.4, 0.5) is 0 Å². The minimum Gasteiger partial charge on any atom is -0.327 e. The molecule has 0 bridgehead atoms. The van der Waals surface area contributed by atoms with Crippen LogP contribution in [0.5, 0.6) is 0 Å². The predicted octanol–water partition coefficient (Wildman–Crippen LogP) is 3.82. The van der Waals surface area contributed by atoms with Crippen LogP contribution in [0.2, 0.25) is 0 Å². The van der Waals surface area contributed by atoms with Crippen LogP contribution < -0.4 is 16.4 Å². The quantitative estimate of drug-likeness (QED) is 0.380. The van der Waals surface area contributed by atoms with Gasteiger partial charge >= 0.3 is 0 Å². The second kappa shape index (κ2) is 16.3. The Morgan fingerprint density at radius 1 is 0.762 bits per heavy atom. The van der Waals surface area contributed by atoms with Gasteiger partial charge in [-0.1, -0.05) is 64.7 Å². The molecule has 0 spiro atoms. The minimum atomic E-state index is 0.245. The van der Waals surface area contributed by atoms with Crippen molar-refractivity contribution in [1.29, 1.82) is 0 Å². The molecule has 0 aromatic rings. The van der Waals surface area contributed by atoms with Crippen molar-refractivity contribution in [2.75, 3.05) is 19.6 Å². The summed E-state index contributed by atoms with van der Waals surface area (Å²) in [7, 11) is 0. The number of nitrogens with one attached hydrogen (secondary N) is 2. The van der Waals surface area contributed by atoms with Gasteiger partial charge in [-0.2, -0.15) is 0 Å². The molecule has 21 heavy (non-hydrogen) atoms. The van der Waals surface area contributed by atoms with Crippen molar-refractivity contribution in [1.82, 2.24) is 10.6 Å². The number of rotatable bonds is 16. The molecule has 0 amide bonds. The lowest BCUT2D eigenvalue weighted by molar-refractivity contribution is 0.474. The van der Waals surface area contributed by atoms with Crippen LogP contribution in [0.15, 0.2) is 0 Å². The van der Waals surface area contributed by atoms with Gasteiger partial charge in [-0.15, -0.1) is 0 Å². The monoisotopic (exact) mass is 299 g/mol. The molecule has 0 aromatic carbocycles. The van der Waals surface area contributed by atoms with Gasteiger partial charge in [0.15, 0.2) is 0 Å². The van der Waals surface area contributed by atoms with Crippen molar-refractivity contribution >= 4 is 0 Å². The van der Waals surface area contributed by atoms with E-state index in [0.717, 1.165) is 19.6 Å². The lowest BCUT2D eigenvalue weighted by Gasteiger charge is -2.16. The molecule has 2 unspecified atom stereocenters. The lowest BCUT2D eigenvalue weighted by atomic mass is 10.1. The summed E-state index contributed by atoms with van der Waals surface area (Å²) in [6.07, 6.45) is 14.1. The highest BCUT2D eigenvalue weighted by Gasteiger charge is 2.01. The highest BCUT2D eigenvalue weighted by atomic mass is 15.0. The number of hydrogen-bond donors (Lipinski definition) is 3. The SMILES string of the molecule is CCCCCCCCCCCCNCC(C)NCC(C)N. The molecule has 0 radical (unpaired) electrons. The molecular weight excluding hydrogens is 258 g/mol. The zero-order chi connectivity index (χ0) is 15.8.